The molecule has 0 radical (unpaired) electrons. The summed E-state index contributed by atoms with van der Waals surface area (Å²) < 4.78 is 0. The van der Waals surface area contributed by atoms with E-state index in [4.69, 9.17) is 0 Å². The number of carbonyl (C=O) groups excluding carboxylic acids is 2. The lowest BCUT2D eigenvalue weighted by atomic mass is 9.95. The van der Waals surface area contributed by atoms with Gasteiger partial charge in [-0.05, 0) is 56.4 Å². The molecule has 5 nitrogen and oxygen atoms in total. The minimum Gasteiger partial charge on any atom is -0.274 e. The monoisotopic (exact) mass is 377 g/mol. The van der Waals surface area contributed by atoms with Crippen LogP contribution in [0.25, 0.3) is 0 Å². The molecule has 2 heterocycles. The molecule has 1 aliphatic heterocycles. The highest BCUT2D eigenvalue weighted by molar-refractivity contribution is 8.00. The zero-order chi connectivity index (χ0) is 19.0. The van der Waals surface area contributed by atoms with Crippen LogP contribution in [0, 0.1) is 18.3 Å². The predicted octanol–water partition coefficient (Wildman–Crippen LogP) is 3.56. The number of hydrogen-bond acceptors (Lipinski definition) is 5. The average Bonchev–Trinajstić information content (AvgIpc) is 2.95. The summed E-state index contributed by atoms with van der Waals surface area (Å²) in [6, 6.07) is 11.5. The van der Waals surface area contributed by atoms with Crippen LogP contribution >= 0.6 is 11.8 Å². The van der Waals surface area contributed by atoms with Crippen LogP contribution in [0.1, 0.15) is 41.6 Å². The first kappa shape index (κ1) is 17.7. The number of aryl methyl sites for hydroxylation is 3. The van der Waals surface area contributed by atoms with Crippen LogP contribution in [0.3, 0.4) is 0 Å². The third kappa shape index (κ3) is 3.35. The maximum atomic E-state index is 12.9. The molecule has 27 heavy (non-hydrogen) atoms. The molecule has 0 spiro atoms. The number of amides is 2. The van der Waals surface area contributed by atoms with Crippen molar-refractivity contribution in [2.24, 2.45) is 0 Å². The smallest absolute Gasteiger partial charge is 0.247 e. The van der Waals surface area contributed by atoms with E-state index in [2.05, 4.69) is 11.1 Å². The van der Waals surface area contributed by atoms with Gasteiger partial charge in [0.1, 0.15) is 11.1 Å². The molecular weight excluding hydrogens is 358 g/mol. The van der Waals surface area contributed by atoms with Gasteiger partial charge in [0.05, 0.1) is 16.5 Å². The van der Waals surface area contributed by atoms with E-state index in [1.54, 1.807) is 12.1 Å². The van der Waals surface area contributed by atoms with Gasteiger partial charge in [0, 0.05) is 12.1 Å². The lowest BCUT2D eigenvalue weighted by Crippen LogP contribution is -2.31. The minimum atomic E-state index is -0.542. The number of anilines is 1. The third-order valence-corrected chi connectivity index (χ3v) is 6.22. The molecule has 4 rings (SSSR count). The molecule has 2 amide bonds. The molecule has 2 aromatic rings. The summed E-state index contributed by atoms with van der Waals surface area (Å²) in [6.45, 7) is 1.96. The minimum absolute atomic E-state index is 0.126. The van der Waals surface area contributed by atoms with E-state index < -0.39 is 5.25 Å². The quantitative estimate of drug-likeness (QED) is 0.765. The summed E-state index contributed by atoms with van der Waals surface area (Å²) >= 11 is 1.24. The Balaban J connectivity index is 1.60. The molecule has 0 bridgehead atoms. The SMILES string of the molecule is Cc1ccc(N2C(=O)C[C@H](Sc3nc4c(cc3C#N)CCCC4)C2=O)cc1. The highest BCUT2D eigenvalue weighted by Crippen LogP contribution is 2.36. The second-order valence-corrected chi connectivity index (χ2v) is 8.17. The normalized spacial score (nSPS) is 19.1. The lowest BCUT2D eigenvalue weighted by Gasteiger charge is -2.18. The molecule has 136 valence electrons. The van der Waals surface area contributed by atoms with E-state index in [1.807, 2.05) is 25.1 Å². The first-order valence-electron chi connectivity index (χ1n) is 9.10. The summed E-state index contributed by atoms with van der Waals surface area (Å²) in [5.74, 6) is -0.449. The van der Waals surface area contributed by atoms with Crippen molar-refractivity contribution in [1.82, 2.24) is 4.98 Å². The fraction of sp³-hybridized carbons (Fsp3) is 0.333. The van der Waals surface area contributed by atoms with Crippen molar-refractivity contribution in [2.75, 3.05) is 4.90 Å². The highest BCUT2D eigenvalue weighted by atomic mass is 32.2. The molecule has 0 N–H and O–H groups in total. The van der Waals surface area contributed by atoms with Crippen LogP contribution < -0.4 is 4.90 Å². The van der Waals surface area contributed by atoms with Gasteiger partial charge in [0.15, 0.2) is 0 Å². The van der Waals surface area contributed by atoms with Crippen LogP contribution in [0.5, 0.6) is 0 Å². The summed E-state index contributed by atoms with van der Waals surface area (Å²) in [6.07, 6.45) is 4.19. The van der Waals surface area contributed by atoms with Crippen molar-refractivity contribution in [1.29, 1.82) is 5.26 Å². The van der Waals surface area contributed by atoms with Gasteiger partial charge in [0.25, 0.3) is 0 Å². The maximum Gasteiger partial charge on any atom is 0.247 e. The number of hydrogen-bond donors (Lipinski definition) is 0. The Morgan fingerprint density at radius 2 is 1.93 bits per heavy atom. The Kier molecular flexibility index (Phi) is 4.71. The summed E-state index contributed by atoms with van der Waals surface area (Å²) in [5, 5.41) is 9.53. The number of nitrogens with zero attached hydrogens (tertiary/aromatic N) is 3. The molecule has 1 atom stereocenters. The van der Waals surface area contributed by atoms with Crippen LogP contribution in [-0.2, 0) is 22.4 Å². The van der Waals surface area contributed by atoms with Crippen LogP contribution in [-0.4, -0.2) is 22.0 Å². The molecule has 0 unspecified atom stereocenters. The van der Waals surface area contributed by atoms with Crippen LogP contribution in [0.15, 0.2) is 35.4 Å². The fourth-order valence-electron chi connectivity index (χ4n) is 3.58. The molecule has 0 saturated carbocycles. The molecule has 1 aromatic heterocycles. The number of fused-ring (bicyclic) bond motifs is 1. The summed E-state index contributed by atoms with van der Waals surface area (Å²) in [7, 11) is 0. The van der Waals surface area contributed by atoms with E-state index in [9.17, 15) is 14.9 Å². The van der Waals surface area contributed by atoms with Gasteiger partial charge in [-0.3, -0.25) is 9.59 Å². The number of nitriles is 1. The highest BCUT2D eigenvalue weighted by Gasteiger charge is 2.40. The Hall–Kier alpha value is -2.65. The van der Waals surface area contributed by atoms with Crippen molar-refractivity contribution in [2.45, 2.75) is 49.3 Å². The molecule has 1 aromatic carbocycles. The summed E-state index contributed by atoms with van der Waals surface area (Å²) in [5.41, 5.74) is 4.32. The fourth-order valence-corrected chi connectivity index (χ4v) is 4.68. The van der Waals surface area contributed by atoms with Crippen molar-refractivity contribution in [3.8, 4) is 6.07 Å². The molecule has 6 heteroatoms. The number of pyridine rings is 1. The zero-order valence-electron chi connectivity index (χ0n) is 15.1. The number of rotatable bonds is 3. The van der Waals surface area contributed by atoms with Crippen molar-refractivity contribution in [3.63, 3.8) is 0 Å². The van der Waals surface area contributed by atoms with Gasteiger partial charge >= 0.3 is 0 Å². The van der Waals surface area contributed by atoms with Gasteiger partial charge in [0.2, 0.25) is 11.8 Å². The van der Waals surface area contributed by atoms with Crippen molar-refractivity contribution >= 4 is 29.3 Å². The van der Waals surface area contributed by atoms with E-state index in [-0.39, 0.29) is 18.2 Å². The van der Waals surface area contributed by atoms with Gasteiger partial charge in [-0.2, -0.15) is 5.26 Å². The zero-order valence-corrected chi connectivity index (χ0v) is 15.9. The van der Waals surface area contributed by atoms with E-state index in [1.165, 1.54) is 16.7 Å². The Labute approximate surface area is 162 Å². The van der Waals surface area contributed by atoms with Gasteiger partial charge in [-0.1, -0.05) is 29.5 Å². The maximum absolute atomic E-state index is 12.9. The summed E-state index contributed by atoms with van der Waals surface area (Å²) in [4.78, 5) is 31.3. The van der Waals surface area contributed by atoms with Crippen molar-refractivity contribution in [3.05, 3.63) is 52.7 Å². The molecule has 1 saturated heterocycles. The lowest BCUT2D eigenvalue weighted by molar-refractivity contribution is -0.121. The first-order chi connectivity index (χ1) is 13.1. The number of aromatic nitrogens is 1. The first-order valence-corrected chi connectivity index (χ1v) is 9.98. The van der Waals surface area contributed by atoms with Gasteiger partial charge in [-0.15, -0.1) is 0 Å². The van der Waals surface area contributed by atoms with Gasteiger partial charge in [-0.25, -0.2) is 9.88 Å². The second-order valence-electron chi connectivity index (χ2n) is 6.98. The van der Waals surface area contributed by atoms with Crippen LogP contribution in [0.2, 0.25) is 0 Å². The molecule has 2 aliphatic rings. The van der Waals surface area contributed by atoms with E-state index in [0.29, 0.717) is 16.3 Å². The number of imide groups is 1. The largest absolute Gasteiger partial charge is 0.274 e. The topological polar surface area (TPSA) is 74.1 Å². The van der Waals surface area contributed by atoms with Gasteiger partial charge < -0.3 is 0 Å². The second kappa shape index (κ2) is 7.16. The molecular formula is C21H19N3O2S. The average molecular weight is 377 g/mol. The number of benzene rings is 1. The Bertz CT molecular complexity index is 963. The standard InChI is InChI=1S/C21H19N3O2S/c1-13-6-8-16(9-7-13)24-19(25)11-18(21(24)26)27-20-15(12-22)10-14-4-2-3-5-17(14)23-20/h6-10,18H,2-5,11H2,1H3/t18-/m0/s1. The van der Waals surface area contributed by atoms with Crippen LogP contribution in [0.4, 0.5) is 5.69 Å². The van der Waals surface area contributed by atoms with Crippen molar-refractivity contribution < 1.29 is 9.59 Å². The predicted molar refractivity (Wildman–Crippen MR) is 104 cm³/mol. The molecule has 1 aliphatic carbocycles. The number of carbonyl (C=O) groups is 2. The van der Waals surface area contributed by atoms with E-state index in [0.717, 1.165) is 42.5 Å². The van der Waals surface area contributed by atoms with E-state index >= 15 is 0 Å². The number of thioether (sulfide) groups is 1. The third-order valence-electron chi connectivity index (χ3n) is 5.04. The Morgan fingerprint density at radius 1 is 1.19 bits per heavy atom. The molecule has 1 fully saturated rings. The Morgan fingerprint density at radius 3 is 2.67 bits per heavy atom.